The van der Waals surface area contributed by atoms with Crippen LogP contribution in [0.2, 0.25) is 0 Å². The molecule has 0 N–H and O–H groups in total. The van der Waals surface area contributed by atoms with Gasteiger partial charge in [0.05, 0.1) is 44.4 Å². The number of benzene rings is 1. The molecule has 0 aliphatic carbocycles. The van der Waals surface area contributed by atoms with Crippen molar-refractivity contribution in [1.82, 2.24) is 24.5 Å². The van der Waals surface area contributed by atoms with Crippen molar-refractivity contribution in [2.75, 3.05) is 51.0 Å². The fourth-order valence-corrected chi connectivity index (χ4v) is 4.75. The first-order valence-corrected chi connectivity index (χ1v) is 11.9. The van der Waals surface area contributed by atoms with Crippen LogP contribution in [-0.4, -0.2) is 70.5 Å². The number of nitrogens with zero attached hydrogens (tertiary/aromatic N) is 6. The van der Waals surface area contributed by atoms with Crippen molar-refractivity contribution in [3.63, 3.8) is 0 Å². The Labute approximate surface area is 202 Å². The fourth-order valence-electron chi connectivity index (χ4n) is 4.75. The van der Waals surface area contributed by atoms with E-state index in [0.29, 0.717) is 19.8 Å². The van der Waals surface area contributed by atoms with E-state index in [0.717, 1.165) is 61.3 Å². The third-order valence-electron chi connectivity index (χ3n) is 6.60. The second kappa shape index (κ2) is 9.69. The minimum Gasteiger partial charge on any atom is -0.379 e. The van der Waals surface area contributed by atoms with E-state index in [-0.39, 0.29) is 11.9 Å². The Balaban J connectivity index is 1.28. The molecule has 0 spiro atoms. The van der Waals surface area contributed by atoms with Crippen LogP contribution in [0, 0.1) is 5.82 Å². The zero-order valence-corrected chi connectivity index (χ0v) is 19.4. The molecule has 0 saturated carbocycles. The van der Waals surface area contributed by atoms with E-state index < -0.39 is 0 Å². The Morgan fingerprint density at radius 1 is 0.914 bits per heavy atom. The summed E-state index contributed by atoms with van der Waals surface area (Å²) in [4.78, 5) is 13.8. The standard InChI is InChI=1S/C26H27FN6O2/c27-21-3-1-2-20(14-21)24-18-35-13-10-32(24)26-7-6-25-29-16-23(33(25)30-26)22-5-4-19(15-28-22)17-31-8-11-34-12-9-31/h1-7,14-16,24H,8-13,17-18H2. The van der Waals surface area contributed by atoms with E-state index >= 15 is 0 Å². The maximum absolute atomic E-state index is 13.9. The number of pyridine rings is 1. The maximum Gasteiger partial charge on any atom is 0.154 e. The lowest BCUT2D eigenvalue weighted by molar-refractivity contribution is 0.0341. The van der Waals surface area contributed by atoms with Gasteiger partial charge in [-0.1, -0.05) is 18.2 Å². The molecule has 9 heteroatoms. The van der Waals surface area contributed by atoms with E-state index in [1.807, 2.05) is 35.0 Å². The largest absolute Gasteiger partial charge is 0.379 e. The first-order chi connectivity index (χ1) is 17.2. The van der Waals surface area contributed by atoms with Crippen LogP contribution in [0.3, 0.4) is 0 Å². The summed E-state index contributed by atoms with van der Waals surface area (Å²) < 4.78 is 26.9. The second-order valence-corrected chi connectivity index (χ2v) is 8.88. The third kappa shape index (κ3) is 4.62. The molecule has 2 fully saturated rings. The van der Waals surface area contributed by atoms with Gasteiger partial charge in [0.25, 0.3) is 0 Å². The molecule has 1 atom stereocenters. The zero-order chi connectivity index (χ0) is 23.6. The summed E-state index contributed by atoms with van der Waals surface area (Å²) in [6, 6.07) is 14.6. The summed E-state index contributed by atoms with van der Waals surface area (Å²) in [5.41, 5.74) is 4.43. The Morgan fingerprint density at radius 3 is 2.63 bits per heavy atom. The summed E-state index contributed by atoms with van der Waals surface area (Å²) in [7, 11) is 0. The number of anilines is 1. The lowest BCUT2D eigenvalue weighted by Gasteiger charge is -2.36. The van der Waals surface area contributed by atoms with E-state index in [1.165, 1.54) is 11.6 Å². The molecule has 0 amide bonds. The minimum atomic E-state index is -0.253. The molecule has 6 rings (SSSR count). The van der Waals surface area contributed by atoms with Gasteiger partial charge in [-0.25, -0.2) is 13.9 Å². The molecule has 0 bridgehead atoms. The van der Waals surface area contributed by atoms with Crippen LogP contribution in [0.1, 0.15) is 17.2 Å². The van der Waals surface area contributed by atoms with Crippen LogP contribution < -0.4 is 4.90 Å². The molecule has 4 aromatic rings. The highest BCUT2D eigenvalue weighted by atomic mass is 19.1. The maximum atomic E-state index is 13.9. The lowest BCUT2D eigenvalue weighted by atomic mass is 10.0. The van der Waals surface area contributed by atoms with Crippen molar-refractivity contribution < 1.29 is 13.9 Å². The van der Waals surface area contributed by atoms with Crippen LogP contribution in [0.25, 0.3) is 17.0 Å². The van der Waals surface area contributed by atoms with Gasteiger partial charge in [-0.05, 0) is 41.5 Å². The first-order valence-electron chi connectivity index (χ1n) is 11.9. The lowest BCUT2D eigenvalue weighted by Crippen LogP contribution is -2.40. The molecule has 35 heavy (non-hydrogen) atoms. The van der Waals surface area contributed by atoms with Gasteiger partial charge in [0.1, 0.15) is 17.3 Å². The van der Waals surface area contributed by atoms with Crippen molar-refractivity contribution >= 4 is 11.5 Å². The average molecular weight is 475 g/mol. The van der Waals surface area contributed by atoms with Crippen molar-refractivity contribution in [2.45, 2.75) is 12.6 Å². The number of rotatable bonds is 5. The number of ether oxygens (including phenoxy) is 2. The third-order valence-corrected chi connectivity index (χ3v) is 6.60. The number of imidazole rings is 1. The number of fused-ring (bicyclic) bond motifs is 1. The van der Waals surface area contributed by atoms with Crippen molar-refractivity contribution in [3.05, 3.63) is 77.9 Å². The van der Waals surface area contributed by atoms with E-state index in [9.17, 15) is 4.39 Å². The molecular weight excluding hydrogens is 447 g/mol. The van der Waals surface area contributed by atoms with E-state index in [2.05, 4.69) is 20.9 Å². The van der Waals surface area contributed by atoms with Crippen molar-refractivity contribution in [1.29, 1.82) is 0 Å². The average Bonchev–Trinajstić information content (AvgIpc) is 3.33. The van der Waals surface area contributed by atoms with Gasteiger partial charge in [-0.3, -0.25) is 9.88 Å². The van der Waals surface area contributed by atoms with Crippen molar-refractivity contribution in [2.24, 2.45) is 0 Å². The van der Waals surface area contributed by atoms with Gasteiger partial charge in [0, 0.05) is 32.4 Å². The van der Waals surface area contributed by atoms with E-state index in [1.54, 1.807) is 18.3 Å². The SMILES string of the molecule is Fc1cccc(C2COCCN2c2ccc3ncc(-c4ccc(CN5CCOCC5)cn4)n3n2)c1. The molecule has 3 aromatic heterocycles. The van der Waals surface area contributed by atoms with E-state index in [4.69, 9.17) is 19.6 Å². The molecule has 1 unspecified atom stereocenters. The first kappa shape index (κ1) is 22.1. The van der Waals surface area contributed by atoms with Crippen molar-refractivity contribution in [3.8, 4) is 11.4 Å². The van der Waals surface area contributed by atoms with Gasteiger partial charge in [-0.15, -0.1) is 5.10 Å². The van der Waals surface area contributed by atoms with Gasteiger partial charge >= 0.3 is 0 Å². The molecule has 2 aliphatic heterocycles. The minimum absolute atomic E-state index is 0.117. The Bertz CT molecular complexity index is 1300. The van der Waals surface area contributed by atoms with Gasteiger partial charge in [0.2, 0.25) is 0 Å². The van der Waals surface area contributed by atoms with Crippen LogP contribution >= 0.6 is 0 Å². The Hall–Kier alpha value is -3.40. The molecule has 1 aromatic carbocycles. The Kier molecular flexibility index (Phi) is 6.12. The normalized spacial score (nSPS) is 19.3. The number of hydrogen-bond donors (Lipinski definition) is 0. The predicted octanol–water partition coefficient (Wildman–Crippen LogP) is 3.34. The highest BCUT2D eigenvalue weighted by Crippen LogP contribution is 2.30. The molecular formula is C26H27FN6O2. The number of halogens is 1. The summed E-state index contributed by atoms with van der Waals surface area (Å²) in [5, 5.41) is 4.92. The Morgan fingerprint density at radius 2 is 1.80 bits per heavy atom. The van der Waals surface area contributed by atoms with Gasteiger partial charge in [0.15, 0.2) is 5.65 Å². The quantitative estimate of drug-likeness (QED) is 0.440. The highest BCUT2D eigenvalue weighted by Gasteiger charge is 2.27. The number of morpholine rings is 2. The molecule has 8 nitrogen and oxygen atoms in total. The van der Waals surface area contributed by atoms with Gasteiger partial charge < -0.3 is 14.4 Å². The summed E-state index contributed by atoms with van der Waals surface area (Å²) in [6.45, 7) is 6.05. The molecule has 180 valence electrons. The smallest absolute Gasteiger partial charge is 0.154 e. The van der Waals surface area contributed by atoms with Gasteiger partial charge in [-0.2, -0.15) is 0 Å². The monoisotopic (exact) mass is 474 g/mol. The van der Waals surface area contributed by atoms with Crippen LogP contribution in [0.4, 0.5) is 10.2 Å². The van der Waals surface area contributed by atoms with Crippen LogP contribution in [0.15, 0.2) is 60.9 Å². The van der Waals surface area contributed by atoms with Crippen LogP contribution in [0.5, 0.6) is 0 Å². The number of aromatic nitrogens is 4. The van der Waals surface area contributed by atoms with Crippen LogP contribution in [-0.2, 0) is 16.0 Å². The fraction of sp³-hybridized carbons (Fsp3) is 0.346. The summed E-state index contributed by atoms with van der Waals surface area (Å²) in [5.74, 6) is 0.537. The molecule has 5 heterocycles. The summed E-state index contributed by atoms with van der Waals surface area (Å²) in [6.07, 6.45) is 3.73. The number of hydrogen-bond acceptors (Lipinski definition) is 7. The topological polar surface area (TPSA) is 68.0 Å². The summed E-state index contributed by atoms with van der Waals surface area (Å²) >= 11 is 0. The molecule has 2 saturated heterocycles. The zero-order valence-electron chi connectivity index (χ0n) is 19.4. The second-order valence-electron chi connectivity index (χ2n) is 8.88. The predicted molar refractivity (Wildman–Crippen MR) is 130 cm³/mol. The highest BCUT2D eigenvalue weighted by molar-refractivity contribution is 5.60. The molecule has 0 radical (unpaired) electrons. The molecule has 2 aliphatic rings.